The molecule has 1 unspecified atom stereocenters. The number of nitrogens with one attached hydrogen (secondary N) is 1. The van der Waals surface area contributed by atoms with Crippen molar-refractivity contribution in [1.82, 2.24) is 5.32 Å². The number of carboxylic acid groups (broad SMARTS) is 2. The SMILES string of the molecule is CC(C)=CC(=O)NC(CC(=O)O)C(=O)O. The van der Waals surface area contributed by atoms with Crippen LogP contribution in [0, 0.1) is 0 Å². The smallest absolute Gasteiger partial charge is 0.326 e. The fourth-order valence-corrected chi connectivity index (χ4v) is 0.850. The normalized spacial score (nSPS) is 11.3. The van der Waals surface area contributed by atoms with Crippen LogP contribution in [0.15, 0.2) is 11.6 Å². The number of carbonyl (C=O) groups is 3. The Morgan fingerprint density at radius 3 is 2.13 bits per heavy atom. The zero-order valence-corrected chi connectivity index (χ0v) is 8.48. The third-order valence-electron chi connectivity index (χ3n) is 1.41. The zero-order chi connectivity index (χ0) is 12.0. The van der Waals surface area contributed by atoms with E-state index < -0.39 is 30.3 Å². The molecule has 0 spiro atoms. The number of hydrogen-bond donors (Lipinski definition) is 3. The van der Waals surface area contributed by atoms with E-state index in [1.165, 1.54) is 6.08 Å². The first kappa shape index (κ1) is 13.2. The van der Waals surface area contributed by atoms with Crippen LogP contribution in [0.4, 0.5) is 0 Å². The van der Waals surface area contributed by atoms with Crippen molar-refractivity contribution in [3.63, 3.8) is 0 Å². The Hall–Kier alpha value is -1.85. The number of aliphatic carboxylic acids is 2. The van der Waals surface area contributed by atoms with Crippen molar-refractivity contribution in [3.8, 4) is 0 Å². The highest BCUT2D eigenvalue weighted by atomic mass is 16.4. The van der Waals surface area contributed by atoms with Gasteiger partial charge in [0.05, 0.1) is 6.42 Å². The third kappa shape index (κ3) is 6.25. The molecule has 15 heavy (non-hydrogen) atoms. The summed E-state index contributed by atoms with van der Waals surface area (Å²) in [5.41, 5.74) is 0.701. The van der Waals surface area contributed by atoms with Gasteiger partial charge in [-0.2, -0.15) is 0 Å². The lowest BCUT2D eigenvalue weighted by molar-refractivity contribution is -0.146. The standard InChI is InChI=1S/C9H13NO5/c1-5(2)3-7(11)10-6(9(14)15)4-8(12)13/h3,6H,4H2,1-2H3,(H,10,11)(H,12,13)(H,14,15). The summed E-state index contributed by atoms with van der Waals surface area (Å²) in [6, 6.07) is -1.40. The van der Waals surface area contributed by atoms with Gasteiger partial charge in [0.2, 0.25) is 5.91 Å². The number of rotatable bonds is 5. The van der Waals surface area contributed by atoms with Gasteiger partial charge in [-0.3, -0.25) is 9.59 Å². The number of carbonyl (C=O) groups excluding carboxylic acids is 1. The van der Waals surface area contributed by atoms with Gasteiger partial charge in [0.1, 0.15) is 6.04 Å². The summed E-state index contributed by atoms with van der Waals surface area (Å²) in [7, 11) is 0. The van der Waals surface area contributed by atoms with Crippen LogP contribution >= 0.6 is 0 Å². The minimum Gasteiger partial charge on any atom is -0.481 e. The van der Waals surface area contributed by atoms with Crippen molar-refractivity contribution in [3.05, 3.63) is 11.6 Å². The molecule has 0 saturated heterocycles. The van der Waals surface area contributed by atoms with E-state index in [-0.39, 0.29) is 0 Å². The maximum absolute atomic E-state index is 11.1. The third-order valence-corrected chi connectivity index (χ3v) is 1.41. The molecule has 0 aliphatic rings. The van der Waals surface area contributed by atoms with E-state index in [1.807, 2.05) is 0 Å². The molecule has 6 heteroatoms. The van der Waals surface area contributed by atoms with Crippen molar-refractivity contribution >= 4 is 17.8 Å². The number of hydrogen-bond acceptors (Lipinski definition) is 3. The van der Waals surface area contributed by atoms with Gasteiger partial charge in [0.15, 0.2) is 0 Å². The maximum Gasteiger partial charge on any atom is 0.326 e. The summed E-state index contributed by atoms with van der Waals surface area (Å²) in [5.74, 6) is -3.25. The van der Waals surface area contributed by atoms with Crippen LogP contribution in [0.1, 0.15) is 20.3 Å². The van der Waals surface area contributed by atoms with Crippen molar-refractivity contribution in [2.45, 2.75) is 26.3 Å². The lowest BCUT2D eigenvalue weighted by Gasteiger charge is -2.10. The van der Waals surface area contributed by atoms with Crippen molar-refractivity contribution in [2.75, 3.05) is 0 Å². The first-order chi connectivity index (χ1) is 6.82. The highest BCUT2D eigenvalue weighted by Gasteiger charge is 2.21. The summed E-state index contributed by atoms with van der Waals surface area (Å²) in [5, 5.41) is 19.1. The van der Waals surface area contributed by atoms with Crippen LogP contribution < -0.4 is 5.32 Å². The molecule has 6 nitrogen and oxygen atoms in total. The molecule has 0 aromatic carbocycles. The number of carboxylic acids is 2. The summed E-state index contributed by atoms with van der Waals surface area (Å²) < 4.78 is 0. The van der Waals surface area contributed by atoms with Gasteiger partial charge in [-0.1, -0.05) is 5.57 Å². The van der Waals surface area contributed by atoms with Gasteiger partial charge < -0.3 is 15.5 Å². The van der Waals surface area contributed by atoms with Gasteiger partial charge >= 0.3 is 11.9 Å². The van der Waals surface area contributed by atoms with E-state index in [9.17, 15) is 14.4 Å². The molecule has 0 fully saturated rings. The summed E-state index contributed by atoms with van der Waals surface area (Å²) in [4.78, 5) is 32.0. The first-order valence-electron chi connectivity index (χ1n) is 4.23. The van der Waals surface area contributed by atoms with E-state index in [1.54, 1.807) is 13.8 Å². The lowest BCUT2D eigenvalue weighted by Crippen LogP contribution is -2.41. The Bertz CT molecular complexity index is 304. The van der Waals surface area contributed by atoms with Crippen LogP contribution in [-0.2, 0) is 14.4 Å². The molecule has 0 radical (unpaired) electrons. The van der Waals surface area contributed by atoms with Crippen LogP contribution in [-0.4, -0.2) is 34.1 Å². The molecule has 0 aromatic rings. The monoisotopic (exact) mass is 215 g/mol. The molecule has 3 N–H and O–H groups in total. The van der Waals surface area contributed by atoms with Gasteiger partial charge in [0.25, 0.3) is 0 Å². The number of allylic oxidation sites excluding steroid dienone is 1. The van der Waals surface area contributed by atoms with Crippen molar-refractivity contribution in [2.24, 2.45) is 0 Å². The predicted octanol–water partition coefficient (Wildman–Crippen LogP) is -0.00330. The van der Waals surface area contributed by atoms with Crippen molar-refractivity contribution in [1.29, 1.82) is 0 Å². The molecular weight excluding hydrogens is 202 g/mol. The van der Waals surface area contributed by atoms with Crippen LogP contribution in [0.5, 0.6) is 0 Å². The molecule has 0 aromatic heterocycles. The minimum absolute atomic E-state index is 0.608. The molecule has 0 rings (SSSR count). The Morgan fingerprint density at radius 1 is 1.27 bits per heavy atom. The van der Waals surface area contributed by atoms with Crippen LogP contribution in [0.2, 0.25) is 0 Å². The average Bonchev–Trinajstić information content (AvgIpc) is 1.99. The molecular formula is C9H13NO5. The van der Waals surface area contributed by atoms with Crippen LogP contribution in [0.3, 0.4) is 0 Å². The quantitative estimate of drug-likeness (QED) is 0.560. The van der Waals surface area contributed by atoms with E-state index in [2.05, 4.69) is 5.32 Å². The second-order valence-corrected chi connectivity index (χ2v) is 3.22. The van der Waals surface area contributed by atoms with Gasteiger partial charge in [0, 0.05) is 6.08 Å². The Kier molecular flexibility index (Phi) is 5.08. The Morgan fingerprint density at radius 2 is 1.80 bits per heavy atom. The molecule has 0 aliphatic carbocycles. The fourth-order valence-electron chi connectivity index (χ4n) is 0.850. The van der Waals surface area contributed by atoms with Crippen molar-refractivity contribution < 1.29 is 24.6 Å². The predicted molar refractivity (Wildman–Crippen MR) is 51.3 cm³/mol. The van der Waals surface area contributed by atoms with Crippen LogP contribution in [0.25, 0.3) is 0 Å². The summed E-state index contributed by atoms with van der Waals surface area (Å²) >= 11 is 0. The number of amides is 1. The molecule has 0 aliphatic heterocycles. The Balaban J connectivity index is 4.42. The van der Waals surface area contributed by atoms with Gasteiger partial charge in [-0.15, -0.1) is 0 Å². The maximum atomic E-state index is 11.1. The second-order valence-electron chi connectivity index (χ2n) is 3.22. The van der Waals surface area contributed by atoms with E-state index in [4.69, 9.17) is 10.2 Å². The molecule has 1 atom stereocenters. The second kappa shape index (κ2) is 5.79. The lowest BCUT2D eigenvalue weighted by atomic mass is 10.2. The van der Waals surface area contributed by atoms with E-state index >= 15 is 0 Å². The molecule has 0 bridgehead atoms. The molecule has 0 saturated carbocycles. The van der Waals surface area contributed by atoms with Gasteiger partial charge in [-0.05, 0) is 13.8 Å². The summed E-state index contributed by atoms with van der Waals surface area (Å²) in [6.07, 6.45) is 0.565. The summed E-state index contributed by atoms with van der Waals surface area (Å²) in [6.45, 7) is 3.35. The van der Waals surface area contributed by atoms with E-state index in [0.717, 1.165) is 0 Å². The molecule has 84 valence electrons. The van der Waals surface area contributed by atoms with E-state index in [0.29, 0.717) is 5.57 Å². The first-order valence-corrected chi connectivity index (χ1v) is 4.23. The molecule has 0 heterocycles. The largest absolute Gasteiger partial charge is 0.481 e. The zero-order valence-electron chi connectivity index (χ0n) is 8.48. The topological polar surface area (TPSA) is 104 Å². The van der Waals surface area contributed by atoms with Gasteiger partial charge in [-0.25, -0.2) is 4.79 Å². The minimum atomic E-state index is -1.40. The Labute approximate surface area is 86.6 Å². The molecule has 1 amide bonds. The average molecular weight is 215 g/mol. The fraction of sp³-hybridized carbons (Fsp3) is 0.444. The highest BCUT2D eigenvalue weighted by Crippen LogP contribution is 1.95. The highest BCUT2D eigenvalue weighted by molar-refractivity contribution is 5.92.